The summed E-state index contributed by atoms with van der Waals surface area (Å²) in [5.41, 5.74) is 1.40. The molecule has 3 atom stereocenters. The zero-order valence-electron chi connectivity index (χ0n) is 17.5. The molecule has 0 saturated heterocycles. The number of esters is 1. The Bertz CT molecular complexity index is 874. The number of hydrogen-bond acceptors (Lipinski definition) is 7. The normalized spacial score (nSPS) is 20.8. The van der Waals surface area contributed by atoms with Crippen LogP contribution in [0.4, 0.5) is 0 Å². The number of amides is 1. The number of rotatable bonds is 7. The van der Waals surface area contributed by atoms with Crippen molar-refractivity contribution in [3.63, 3.8) is 0 Å². The first-order valence-corrected chi connectivity index (χ1v) is 10.1. The second-order valence-corrected chi connectivity index (χ2v) is 7.20. The van der Waals surface area contributed by atoms with Crippen LogP contribution in [0.1, 0.15) is 54.9 Å². The second kappa shape index (κ2) is 10.0. The molecule has 1 saturated carbocycles. The molecule has 1 amide bonds. The molecule has 1 fully saturated rings. The first-order valence-electron chi connectivity index (χ1n) is 10.1. The standard InChI is InChI=1S/C22H27N3O5/c1-4-29-21-9-15(5-8-20(21)28-3)18-10-17(30-14(2)26)6-7-19(18)25-22(27)16-11-23-13-24-12-16/h5,8-9,11-13,17-19H,4,6-7,10H2,1-3H3,(H,25,27). The van der Waals surface area contributed by atoms with Gasteiger partial charge >= 0.3 is 5.97 Å². The SMILES string of the molecule is CCOc1cc(C2CC(OC(C)=O)CCC2NC(=O)c2cncnc2)ccc1OC. The Kier molecular flexibility index (Phi) is 7.21. The monoisotopic (exact) mass is 413 g/mol. The number of aromatic nitrogens is 2. The molecule has 0 bridgehead atoms. The van der Waals surface area contributed by atoms with Crippen LogP contribution in [0.3, 0.4) is 0 Å². The highest BCUT2D eigenvalue weighted by Gasteiger charge is 2.34. The highest BCUT2D eigenvalue weighted by molar-refractivity contribution is 5.93. The van der Waals surface area contributed by atoms with Gasteiger partial charge in [0.25, 0.3) is 5.91 Å². The van der Waals surface area contributed by atoms with Gasteiger partial charge in [-0.3, -0.25) is 9.59 Å². The first kappa shape index (κ1) is 21.5. The zero-order chi connectivity index (χ0) is 21.5. The molecule has 1 aliphatic carbocycles. The van der Waals surface area contributed by atoms with Gasteiger partial charge in [-0.2, -0.15) is 0 Å². The van der Waals surface area contributed by atoms with Gasteiger partial charge in [-0.1, -0.05) is 6.07 Å². The molecule has 8 nitrogen and oxygen atoms in total. The number of benzene rings is 1. The maximum Gasteiger partial charge on any atom is 0.302 e. The lowest BCUT2D eigenvalue weighted by Gasteiger charge is -2.36. The van der Waals surface area contributed by atoms with E-state index in [1.54, 1.807) is 7.11 Å². The van der Waals surface area contributed by atoms with E-state index >= 15 is 0 Å². The minimum Gasteiger partial charge on any atom is -0.493 e. The van der Waals surface area contributed by atoms with E-state index in [0.29, 0.717) is 42.9 Å². The van der Waals surface area contributed by atoms with E-state index in [-0.39, 0.29) is 29.9 Å². The van der Waals surface area contributed by atoms with Crippen LogP contribution < -0.4 is 14.8 Å². The lowest BCUT2D eigenvalue weighted by Crippen LogP contribution is -2.44. The summed E-state index contributed by atoms with van der Waals surface area (Å²) in [6.07, 6.45) is 6.13. The number of hydrogen-bond donors (Lipinski definition) is 1. The highest BCUT2D eigenvalue weighted by atomic mass is 16.5. The fourth-order valence-corrected chi connectivity index (χ4v) is 3.88. The summed E-state index contributed by atoms with van der Waals surface area (Å²) in [7, 11) is 1.60. The summed E-state index contributed by atoms with van der Waals surface area (Å²) in [5.74, 6) is 0.716. The van der Waals surface area contributed by atoms with Gasteiger partial charge in [-0.15, -0.1) is 0 Å². The Morgan fingerprint density at radius 2 is 1.93 bits per heavy atom. The zero-order valence-corrected chi connectivity index (χ0v) is 17.5. The van der Waals surface area contributed by atoms with Crippen molar-refractivity contribution in [2.45, 2.75) is 51.2 Å². The van der Waals surface area contributed by atoms with Gasteiger partial charge in [0, 0.05) is 31.3 Å². The van der Waals surface area contributed by atoms with Crippen molar-refractivity contribution in [2.24, 2.45) is 0 Å². The third kappa shape index (κ3) is 5.25. The lowest BCUT2D eigenvalue weighted by atomic mass is 9.78. The van der Waals surface area contributed by atoms with Crippen LogP contribution in [-0.2, 0) is 9.53 Å². The molecule has 3 unspecified atom stereocenters. The van der Waals surface area contributed by atoms with Crippen molar-refractivity contribution in [3.8, 4) is 11.5 Å². The van der Waals surface area contributed by atoms with E-state index < -0.39 is 0 Å². The Morgan fingerprint density at radius 3 is 2.60 bits per heavy atom. The lowest BCUT2D eigenvalue weighted by molar-refractivity contribution is -0.148. The van der Waals surface area contributed by atoms with E-state index in [4.69, 9.17) is 14.2 Å². The number of nitrogens with zero attached hydrogens (tertiary/aromatic N) is 2. The predicted octanol–water partition coefficient (Wildman–Crippen LogP) is 2.88. The van der Waals surface area contributed by atoms with Crippen molar-refractivity contribution in [1.82, 2.24) is 15.3 Å². The molecule has 0 radical (unpaired) electrons. The molecule has 160 valence electrons. The Morgan fingerprint density at radius 1 is 1.17 bits per heavy atom. The highest BCUT2D eigenvalue weighted by Crippen LogP contribution is 2.38. The smallest absolute Gasteiger partial charge is 0.302 e. The van der Waals surface area contributed by atoms with Crippen molar-refractivity contribution >= 4 is 11.9 Å². The summed E-state index contributed by atoms with van der Waals surface area (Å²) < 4.78 is 16.6. The van der Waals surface area contributed by atoms with E-state index in [1.165, 1.54) is 25.6 Å². The topological polar surface area (TPSA) is 99.6 Å². The quantitative estimate of drug-likeness (QED) is 0.697. The van der Waals surface area contributed by atoms with E-state index in [9.17, 15) is 9.59 Å². The molecule has 2 aromatic rings. The second-order valence-electron chi connectivity index (χ2n) is 7.20. The predicted molar refractivity (Wildman–Crippen MR) is 110 cm³/mol. The summed E-state index contributed by atoms with van der Waals surface area (Å²) in [5, 5.41) is 3.11. The third-order valence-corrected chi connectivity index (χ3v) is 5.19. The van der Waals surface area contributed by atoms with E-state index in [2.05, 4.69) is 15.3 Å². The van der Waals surface area contributed by atoms with E-state index in [0.717, 1.165) is 5.56 Å². The Hall–Kier alpha value is -3.16. The average molecular weight is 413 g/mol. The molecule has 8 heteroatoms. The summed E-state index contributed by atoms with van der Waals surface area (Å²) in [4.78, 5) is 32.0. The van der Waals surface area contributed by atoms with Crippen LogP contribution in [0.15, 0.2) is 36.9 Å². The minimum atomic E-state index is -0.299. The molecule has 0 aliphatic heterocycles. The Balaban J connectivity index is 1.87. The molecule has 1 aliphatic rings. The van der Waals surface area contributed by atoms with Gasteiger partial charge in [0.05, 0.1) is 19.3 Å². The number of carbonyl (C=O) groups excluding carboxylic acids is 2. The number of ether oxygens (including phenoxy) is 3. The molecule has 1 N–H and O–H groups in total. The summed E-state index contributed by atoms with van der Waals surface area (Å²) in [6.45, 7) is 3.84. The molecule has 1 aromatic heterocycles. The minimum absolute atomic E-state index is 0.0539. The molecule has 1 heterocycles. The van der Waals surface area contributed by atoms with Gasteiger partial charge in [0.2, 0.25) is 0 Å². The van der Waals surface area contributed by atoms with Crippen LogP contribution in [0.5, 0.6) is 11.5 Å². The van der Waals surface area contributed by atoms with Gasteiger partial charge in [-0.05, 0) is 43.9 Å². The van der Waals surface area contributed by atoms with Crippen LogP contribution in [0, 0.1) is 0 Å². The van der Waals surface area contributed by atoms with Gasteiger partial charge in [-0.25, -0.2) is 9.97 Å². The van der Waals surface area contributed by atoms with Crippen molar-refractivity contribution in [3.05, 3.63) is 48.0 Å². The summed E-state index contributed by atoms with van der Waals surface area (Å²) >= 11 is 0. The fraction of sp³-hybridized carbons (Fsp3) is 0.455. The van der Waals surface area contributed by atoms with Gasteiger partial charge in [0.15, 0.2) is 11.5 Å². The van der Waals surface area contributed by atoms with Crippen LogP contribution >= 0.6 is 0 Å². The summed E-state index contributed by atoms with van der Waals surface area (Å²) in [6, 6.07) is 5.63. The molecule has 0 spiro atoms. The number of carbonyl (C=O) groups is 2. The van der Waals surface area contributed by atoms with E-state index in [1.807, 2.05) is 25.1 Å². The largest absolute Gasteiger partial charge is 0.493 e. The maximum atomic E-state index is 12.7. The first-order chi connectivity index (χ1) is 14.5. The molecule has 1 aromatic carbocycles. The van der Waals surface area contributed by atoms with Crippen molar-refractivity contribution < 1.29 is 23.8 Å². The number of methoxy groups -OCH3 is 1. The molecular weight excluding hydrogens is 386 g/mol. The number of nitrogens with one attached hydrogen (secondary N) is 1. The molecular formula is C22H27N3O5. The fourth-order valence-electron chi connectivity index (χ4n) is 3.88. The van der Waals surface area contributed by atoms with Crippen molar-refractivity contribution in [2.75, 3.05) is 13.7 Å². The van der Waals surface area contributed by atoms with Crippen LogP contribution in [-0.4, -0.2) is 47.7 Å². The van der Waals surface area contributed by atoms with Gasteiger partial charge < -0.3 is 19.5 Å². The van der Waals surface area contributed by atoms with Crippen LogP contribution in [0.25, 0.3) is 0 Å². The maximum absolute atomic E-state index is 12.7. The van der Waals surface area contributed by atoms with Gasteiger partial charge in [0.1, 0.15) is 12.4 Å². The molecule has 3 rings (SSSR count). The van der Waals surface area contributed by atoms with Crippen molar-refractivity contribution in [1.29, 1.82) is 0 Å². The average Bonchev–Trinajstić information content (AvgIpc) is 2.75. The third-order valence-electron chi connectivity index (χ3n) is 5.19. The van der Waals surface area contributed by atoms with Crippen LogP contribution in [0.2, 0.25) is 0 Å². The Labute approximate surface area is 176 Å². The molecule has 30 heavy (non-hydrogen) atoms.